The maximum Gasteiger partial charge on any atom is 0.338 e. The third-order valence-electron chi connectivity index (χ3n) is 4.54. The highest BCUT2D eigenvalue weighted by Crippen LogP contribution is 2.22. The largest absolute Gasteiger partial charge is 0.459 e. The van der Waals surface area contributed by atoms with Crippen molar-refractivity contribution in [3.8, 4) is 0 Å². The summed E-state index contributed by atoms with van der Waals surface area (Å²) in [6.07, 6.45) is 5.19. The van der Waals surface area contributed by atoms with Crippen LogP contribution in [0.5, 0.6) is 0 Å². The lowest BCUT2D eigenvalue weighted by atomic mass is 9.98. The van der Waals surface area contributed by atoms with Crippen LogP contribution < -0.4 is 5.32 Å². The highest BCUT2D eigenvalue weighted by atomic mass is 16.6. The minimum absolute atomic E-state index is 0.00670. The highest BCUT2D eigenvalue weighted by molar-refractivity contribution is 6.04. The minimum atomic E-state index is -0.521. The normalized spacial score (nSPS) is 14.4. The first kappa shape index (κ1) is 18.6. The van der Waals surface area contributed by atoms with Gasteiger partial charge in [0.2, 0.25) is 0 Å². The maximum atomic E-state index is 12.2. The zero-order chi connectivity index (χ0) is 19.2. The number of esters is 1. The lowest BCUT2D eigenvalue weighted by Gasteiger charge is -2.21. The summed E-state index contributed by atoms with van der Waals surface area (Å²) >= 11 is 0. The molecule has 2 aromatic rings. The van der Waals surface area contributed by atoms with E-state index >= 15 is 0 Å². The van der Waals surface area contributed by atoms with E-state index in [0.717, 1.165) is 25.7 Å². The van der Waals surface area contributed by atoms with E-state index in [9.17, 15) is 19.7 Å². The molecule has 1 fully saturated rings. The van der Waals surface area contributed by atoms with Crippen LogP contribution in [0.25, 0.3) is 0 Å². The van der Waals surface area contributed by atoms with Crippen molar-refractivity contribution < 1.29 is 19.2 Å². The first-order valence-corrected chi connectivity index (χ1v) is 8.90. The zero-order valence-electron chi connectivity index (χ0n) is 14.7. The van der Waals surface area contributed by atoms with Crippen LogP contribution in [0.4, 0.5) is 11.4 Å². The molecule has 7 heteroatoms. The third-order valence-corrected chi connectivity index (χ3v) is 4.54. The molecular weight excluding hydrogens is 348 g/mol. The molecule has 1 N–H and O–H groups in total. The summed E-state index contributed by atoms with van der Waals surface area (Å²) in [5.41, 5.74) is 1.19. The average Bonchev–Trinajstić information content (AvgIpc) is 2.69. The molecule has 0 radical (unpaired) electrons. The van der Waals surface area contributed by atoms with Gasteiger partial charge in [-0.2, -0.15) is 0 Å². The van der Waals surface area contributed by atoms with E-state index in [1.54, 1.807) is 24.3 Å². The average molecular weight is 368 g/mol. The van der Waals surface area contributed by atoms with Crippen molar-refractivity contribution in [3.63, 3.8) is 0 Å². The van der Waals surface area contributed by atoms with Crippen LogP contribution in [0.3, 0.4) is 0 Å². The van der Waals surface area contributed by atoms with E-state index in [2.05, 4.69) is 5.32 Å². The number of carbonyl (C=O) groups is 2. The van der Waals surface area contributed by atoms with Crippen molar-refractivity contribution in [1.29, 1.82) is 0 Å². The number of nitrogens with zero attached hydrogens (tertiary/aromatic N) is 1. The summed E-state index contributed by atoms with van der Waals surface area (Å²) in [4.78, 5) is 34.5. The molecule has 7 nitrogen and oxygen atoms in total. The van der Waals surface area contributed by atoms with E-state index in [4.69, 9.17) is 4.74 Å². The molecule has 0 atom stereocenters. The fourth-order valence-corrected chi connectivity index (χ4v) is 3.03. The summed E-state index contributed by atoms with van der Waals surface area (Å²) in [6, 6.07) is 11.8. The van der Waals surface area contributed by atoms with Crippen molar-refractivity contribution >= 4 is 23.3 Å². The number of nitrogens with one attached hydrogen (secondary N) is 1. The Morgan fingerprint density at radius 1 is 0.926 bits per heavy atom. The molecule has 0 unspecified atom stereocenters. The quantitative estimate of drug-likeness (QED) is 0.481. The number of anilines is 1. The van der Waals surface area contributed by atoms with Gasteiger partial charge in [0, 0.05) is 23.4 Å². The second-order valence-corrected chi connectivity index (χ2v) is 6.50. The number of hydrogen-bond acceptors (Lipinski definition) is 5. The van der Waals surface area contributed by atoms with Gasteiger partial charge in [-0.3, -0.25) is 14.9 Å². The molecule has 0 aromatic heterocycles. The SMILES string of the molecule is O=C(Nc1ccc(C(=O)OC2CCCCC2)cc1)c1ccc([N+](=O)[O-])cc1. The second-order valence-electron chi connectivity index (χ2n) is 6.50. The van der Waals surface area contributed by atoms with E-state index in [1.807, 2.05) is 0 Å². The number of benzene rings is 2. The van der Waals surface area contributed by atoms with E-state index in [0.29, 0.717) is 16.8 Å². The lowest BCUT2D eigenvalue weighted by molar-refractivity contribution is -0.384. The first-order valence-electron chi connectivity index (χ1n) is 8.90. The second kappa shape index (κ2) is 8.44. The molecule has 2 aromatic carbocycles. The van der Waals surface area contributed by atoms with Crippen molar-refractivity contribution in [2.24, 2.45) is 0 Å². The molecule has 3 rings (SSSR count). The lowest BCUT2D eigenvalue weighted by Crippen LogP contribution is -2.20. The molecule has 1 saturated carbocycles. The number of carbonyl (C=O) groups excluding carboxylic acids is 2. The Kier molecular flexibility index (Phi) is 5.80. The van der Waals surface area contributed by atoms with Crippen LogP contribution >= 0.6 is 0 Å². The van der Waals surface area contributed by atoms with Gasteiger partial charge in [-0.1, -0.05) is 6.42 Å². The van der Waals surface area contributed by atoms with Crippen molar-refractivity contribution in [1.82, 2.24) is 0 Å². The number of amides is 1. The van der Waals surface area contributed by atoms with Gasteiger partial charge in [0.15, 0.2) is 0 Å². The van der Waals surface area contributed by atoms with Gasteiger partial charge in [0.1, 0.15) is 6.10 Å². The first-order chi connectivity index (χ1) is 13.0. The predicted octanol–water partition coefficient (Wildman–Crippen LogP) is 4.34. The molecular formula is C20H20N2O5. The van der Waals surface area contributed by atoms with Crippen molar-refractivity contribution in [3.05, 3.63) is 69.8 Å². The number of nitro groups is 1. The van der Waals surface area contributed by atoms with Gasteiger partial charge in [0.05, 0.1) is 10.5 Å². The Labute approximate surface area is 156 Å². The number of rotatable bonds is 5. The van der Waals surface area contributed by atoms with E-state index < -0.39 is 4.92 Å². The van der Waals surface area contributed by atoms with Gasteiger partial charge in [-0.05, 0) is 62.1 Å². The Balaban J connectivity index is 1.58. The van der Waals surface area contributed by atoms with Crippen LogP contribution in [-0.4, -0.2) is 22.9 Å². The maximum absolute atomic E-state index is 12.2. The van der Waals surface area contributed by atoms with Crippen LogP contribution in [0.1, 0.15) is 52.8 Å². The van der Waals surface area contributed by atoms with Crippen LogP contribution in [-0.2, 0) is 4.74 Å². The molecule has 0 saturated heterocycles. The number of ether oxygens (including phenoxy) is 1. The molecule has 1 aliphatic carbocycles. The number of nitro benzene ring substituents is 1. The fourth-order valence-electron chi connectivity index (χ4n) is 3.03. The molecule has 0 spiro atoms. The smallest absolute Gasteiger partial charge is 0.338 e. The fraction of sp³-hybridized carbons (Fsp3) is 0.300. The minimum Gasteiger partial charge on any atom is -0.459 e. The Morgan fingerprint density at radius 3 is 2.11 bits per heavy atom. The molecule has 1 aliphatic rings. The van der Waals surface area contributed by atoms with Gasteiger partial charge >= 0.3 is 5.97 Å². The summed E-state index contributed by atoms with van der Waals surface area (Å²) in [5, 5.41) is 13.3. The molecule has 0 heterocycles. The van der Waals surface area contributed by atoms with Gasteiger partial charge in [0.25, 0.3) is 11.6 Å². The molecule has 27 heavy (non-hydrogen) atoms. The predicted molar refractivity (Wildman–Crippen MR) is 99.8 cm³/mol. The summed E-state index contributed by atoms with van der Waals surface area (Å²) in [6.45, 7) is 0. The van der Waals surface area contributed by atoms with Crippen molar-refractivity contribution in [2.75, 3.05) is 5.32 Å². The summed E-state index contributed by atoms with van der Waals surface area (Å²) in [5.74, 6) is -0.738. The standard InChI is InChI=1S/C20H20N2O5/c23-19(14-8-12-17(13-9-14)22(25)26)21-16-10-6-15(7-11-16)20(24)27-18-4-2-1-3-5-18/h6-13,18H,1-5H2,(H,21,23). The molecule has 0 aliphatic heterocycles. The van der Waals surface area contributed by atoms with Crippen LogP contribution in [0, 0.1) is 10.1 Å². The zero-order valence-corrected chi connectivity index (χ0v) is 14.7. The van der Waals surface area contributed by atoms with Crippen molar-refractivity contribution in [2.45, 2.75) is 38.2 Å². The Morgan fingerprint density at radius 2 is 1.52 bits per heavy atom. The van der Waals surface area contributed by atoms with Gasteiger partial charge in [-0.25, -0.2) is 4.79 Å². The van der Waals surface area contributed by atoms with Crippen LogP contribution in [0.15, 0.2) is 48.5 Å². The molecule has 0 bridgehead atoms. The monoisotopic (exact) mass is 368 g/mol. The molecule has 1 amide bonds. The van der Waals surface area contributed by atoms with Crippen LogP contribution in [0.2, 0.25) is 0 Å². The van der Waals surface area contributed by atoms with E-state index in [1.165, 1.54) is 30.7 Å². The Bertz CT molecular complexity index is 824. The molecule has 140 valence electrons. The van der Waals surface area contributed by atoms with Gasteiger partial charge in [-0.15, -0.1) is 0 Å². The number of non-ortho nitro benzene ring substituents is 1. The number of hydrogen-bond donors (Lipinski definition) is 1. The summed E-state index contributed by atoms with van der Waals surface area (Å²) < 4.78 is 5.52. The summed E-state index contributed by atoms with van der Waals surface area (Å²) in [7, 11) is 0. The van der Waals surface area contributed by atoms with E-state index in [-0.39, 0.29) is 23.7 Å². The topological polar surface area (TPSA) is 98.5 Å². The highest BCUT2D eigenvalue weighted by Gasteiger charge is 2.18. The third kappa shape index (κ3) is 4.91. The van der Waals surface area contributed by atoms with Gasteiger partial charge < -0.3 is 10.1 Å². The Hall–Kier alpha value is -3.22.